The molecule has 0 N–H and O–H groups in total. The van der Waals surface area contributed by atoms with Crippen LogP contribution in [0.3, 0.4) is 0 Å². The molecule has 0 aliphatic heterocycles. The van der Waals surface area contributed by atoms with Crippen LogP contribution in [-0.4, -0.2) is 32.0 Å². The van der Waals surface area contributed by atoms with E-state index in [-0.39, 0.29) is 11.6 Å². The number of rotatable bonds is 5. The summed E-state index contributed by atoms with van der Waals surface area (Å²) in [5.74, 6) is 0.0880. The van der Waals surface area contributed by atoms with Gasteiger partial charge in [0.15, 0.2) is 10.8 Å². The number of ether oxygens (including phenoxy) is 1. The Bertz CT molecular complexity index is 1280. The van der Waals surface area contributed by atoms with E-state index < -0.39 is 5.97 Å². The summed E-state index contributed by atoms with van der Waals surface area (Å²) < 4.78 is 8.34. The van der Waals surface area contributed by atoms with E-state index in [1.165, 1.54) is 18.9 Å². The Labute approximate surface area is 171 Å². The van der Waals surface area contributed by atoms with Crippen LogP contribution in [0.5, 0.6) is 0 Å². The number of esters is 1. The number of thioether (sulfide) groups is 1. The molecule has 0 bridgehead atoms. The molecule has 0 atom stereocenters. The summed E-state index contributed by atoms with van der Waals surface area (Å²) in [4.78, 5) is 34.2. The molecule has 0 radical (unpaired) electrons. The number of carbonyl (C=O) groups excluding carboxylic acids is 1. The third kappa shape index (κ3) is 3.51. The minimum atomic E-state index is -0.426. The first kappa shape index (κ1) is 19.2. The van der Waals surface area contributed by atoms with E-state index in [1.807, 2.05) is 44.4 Å². The molecule has 4 aromatic rings. The summed E-state index contributed by atoms with van der Waals surface area (Å²) in [5.41, 5.74) is 2.37. The molecule has 148 valence electrons. The predicted molar refractivity (Wildman–Crippen MR) is 112 cm³/mol. The van der Waals surface area contributed by atoms with Crippen LogP contribution in [0.25, 0.3) is 16.6 Å². The third-order valence-electron chi connectivity index (χ3n) is 4.58. The number of aromatic nitrogens is 4. The van der Waals surface area contributed by atoms with E-state index in [9.17, 15) is 9.59 Å². The molecule has 0 fully saturated rings. The van der Waals surface area contributed by atoms with Crippen LogP contribution in [-0.2, 0) is 10.5 Å². The lowest BCUT2D eigenvalue weighted by Crippen LogP contribution is -2.25. The molecule has 29 heavy (non-hydrogen) atoms. The quantitative estimate of drug-likeness (QED) is 0.285. The SMILES string of the molecule is COC(=O)c1cccn2cc(CSc3nc4ccccc4c(=O)n3C(C)C)nc12. The summed E-state index contributed by atoms with van der Waals surface area (Å²) in [6, 6.07) is 10.8. The van der Waals surface area contributed by atoms with Crippen LogP contribution in [0.15, 0.2) is 58.7 Å². The van der Waals surface area contributed by atoms with E-state index in [0.29, 0.717) is 33.0 Å². The third-order valence-corrected chi connectivity index (χ3v) is 5.57. The normalized spacial score (nSPS) is 11.4. The van der Waals surface area contributed by atoms with Crippen molar-refractivity contribution < 1.29 is 9.53 Å². The number of methoxy groups -OCH3 is 1. The second kappa shape index (κ2) is 7.71. The van der Waals surface area contributed by atoms with Crippen molar-refractivity contribution in [1.82, 2.24) is 18.9 Å². The van der Waals surface area contributed by atoms with Crippen molar-refractivity contribution in [3.05, 3.63) is 70.4 Å². The first-order valence-corrected chi connectivity index (χ1v) is 10.2. The van der Waals surface area contributed by atoms with Gasteiger partial charge in [-0.25, -0.2) is 14.8 Å². The Balaban J connectivity index is 1.71. The summed E-state index contributed by atoms with van der Waals surface area (Å²) in [5, 5.41) is 1.26. The van der Waals surface area contributed by atoms with Gasteiger partial charge in [-0.3, -0.25) is 9.36 Å². The highest BCUT2D eigenvalue weighted by Crippen LogP contribution is 2.25. The summed E-state index contributed by atoms with van der Waals surface area (Å²) >= 11 is 1.45. The molecule has 3 aromatic heterocycles. The lowest BCUT2D eigenvalue weighted by atomic mass is 10.2. The molecule has 0 spiro atoms. The first-order valence-electron chi connectivity index (χ1n) is 9.18. The second-order valence-electron chi connectivity index (χ2n) is 6.85. The Morgan fingerprint density at radius 1 is 1.17 bits per heavy atom. The highest BCUT2D eigenvalue weighted by atomic mass is 32.2. The number of fused-ring (bicyclic) bond motifs is 2. The van der Waals surface area contributed by atoms with Gasteiger partial charge >= 0.3 is 5.97 Å². The van der Waals surface area contributed by atoms with Gasteiger partial charge in [-0.2, -0.15) is 0 Å². The first-order chi connectivity index (χ1) is 14.0. The lowest BCUT2D eigenvalue weighted by Gasteiger charge is -2.15. The molecule has 0 saturated carbocycles. The van der Waals surface area contributed by atoms with Crippen molar-refractivity contribution in [1.29, 1.82) is 0 Å². The highest BCUT2D eigenvalue weighted by Gasteiger charge is 2.16. The average molecular weight is 408 g/mol. The van der Waals surface area contributed by atoms with E-state index in [2.05, 4.69) is 4.98 Å². The maximum atomic E-state index is 12.9. The number of benzene rings is 1. The Hall–Kier alpha value is -3.13. The zero-order valence-corrected chi connectivity index (χ0v) is 17.1. The number of hydrogen-bond donors (Lipinski definition) is 0. The minimum Gasteiger partial charge on any atom is -0.465 e. The van der Waals surface area contributed by atoms with Gasteiger partial charge in [0.2, 0.25) is 0 Å². The van der Waals surface area contributed by atoms with Gasteiger partial charge in [-0.1, -0.05) is 23.9 Å². The predicted octanol–water partition coefficient (Wildman–Crippen LogP) is 3.70. The van der Waals surface area contributed by atoms with Gasteiger partial charge in [-0.15, -0.1) is 0 Å². The molecule has 0 saturated heterocycles. The molecule has 4 rings (SSSR count). The monoisotopic (exact) mass is 408 g/mol. The summed E-state index contributed by atoms with van der Waals surface area (Å²) in [7, 11) is 1.35. The Morgan fingerprint density at radius 2 is 1.97 bits per heavy atom. The van der Waals surface area contributed by atoms with Crippen LogP contribution in [0.2, 0.25) is 0 Å². The maximum Gasteiger partial charge on any atom is 0.341 e. The van der Waals surface area contributed by atoms with E-state index >= 15 is 0 Å². The lowest BCUT2D eigenvalue weighted by molar-refractivity contribution is 0.0602. The molecule has 0 aliphatic rings. The van der Waals surface area contributed by atoms with Gasteiger partial charge in [0, 0.05) is 24.2 Å². The van der Waals surface area contributed by atoms with Crippen LogP contribution < -0.4 is 5.56 Å². The fourth-order valence-corrected chi connectivity index (χ4v) is 4.24. The number of hydrogen-bond acceptors (Lipinski definition) is 6. The van der Waals surface area contributed by atoms with E-state index in [4.69, 9.17) is 9.72 Å². The van der Waals surface area contributed by atoms with Crippen molar-refractivity contribution in [2.75, 3.05) is 7.11 Å². The van der Waals surface area contributed by atoms with Gasteiger partial charge in [0.1, 0.15) is 5.56 Å². The molecular formula is C21H20N4O3S. The summed E-state index contributed by atoms with van der Waals surface area (Å²) in [6.07, 6.45) is 3.70. The number of imidazole rings is 1. The van der Waals surface area contributed by atoms with Gasteiger partial charge in [0.25, 0.3) is 5.56 Å². The van der Waals surface area contributed by atoms with Crippen molar-refractivity contribution in [2.45, 2.75) is 30.8 Å². The Morgan fingerprint density at radius 3 is 2.72 bits per heavy atom. The molecular weight excluding hydrogens is 388 g/mol. The van der Waals surface area contributed by atoms with Gasteiger partial charge in [0.05, 0.1) is 23.7 Å². The van der Waals surface area contributed by atoms with Gasteiger partial charge < -0.3 is 9.14 Å². The molecule has 7 nitrogen and oxygen atoms in total. The maximum absolute atomic E-state index is 12.9. The molecule has 3 heterocycles. The second-order valence-corrected chi connectivity index (χ2v) is 7.79. The zero-order valence-electron chi connectivity index (χ0n) is 16.3. The molecule has 1 aromatic carbocycles. The van der Waals surface area contributed by atoms with Crippen LogP contribution in [0, 0.1) is 0 Å². The van der Waals surface area contributed by atoms with Crippen molar-refractivity contribution in [3.63, 3.8) is 0 Å². The topological polar surface area (TPSA) is 78.5 Å². The molecule has 8 heteroatoms. The van der Waals surface area contributed by atoms with Crippen LogP contribution >= 0.6 is 11.8 Å². The minimum absolute atomic E-state index is 0.0194. The fraction of sp³-hybridized carbons (Fsp3) is 0.238. The Kier molecular flexibility index (Phi) is 5.10. The summed E-state index contributed by atoms with van der Waals surface area (Å²) in [6.45, 7) is 3.94. The molecule has 0 unspecified atom stereocenters. The van der Waals surface area contributed by atoms with E-state index in [1.54, 1.807) is 27.2 Å². The smallest absolute Gasteiger partial charge is 0.341 e. The fourth-order valence-electron chi connectivity index (χ4n) is 3.22. The van der Waals surface area contributed by atoms with Crippen molar-refractivity contribution in [3.8, 4) is 0 Å². The van der Waals surface area contributed by atoms with Crippen molar-refractivity contribution >= 4 is 34.3 Å². The average Bonchev–Trinajstić information content (AvgIpc) is 3.14. The van der Waals surface area contributed by atoms with Crippen LogP contribution in [0.4, 0.5) is 0 Å². The number of para-hydroxylation sites is 1. The molecule has 0 amide bonds. The van der Waals surface area contributed by atoms with E-state index in [0.717, 1.165) is 5.69 Å². The zero-order chi connectivity index (χ0) is 20.5. The van der Waals surface area contributed by atoms with Gasteiger partial charge in [-0.05, 0) is 38.1 Å². The number of carbonyl (C=O) groups is 1. The highest BCUT2D eigenvalue weighted by molar-refractivity contribution is 7.98. The number of pyridine rings is 1. The largest absolute Gasteiger partial charge is 0.465 e. The standard InChI is InChI=1S/C21H20N4O3S/c1-13(2)25-19(26)15-7-4-5-9-17(15)23-21(25)29-12-14-11-24-10-6-8-16(18(24)22-14)20(27)28-3/h4-11,13H,12H2,1-3H3. The van der Waals surface area contributed by atoms with Crippen LogP contribution in [0.1, 0.15) is 35.9 Å². The van der Waals surface area contributed by atoms with Crippen molar-refractivity contribution in [2.24, 2.45) is 0 Å². The number of nitrogens with zero attached hydrogens (tertiary/aromatic N) is 4. The molecule has 0 aliphatic carbocycles.